The van der Waals surface area contributed by atoms with Crippen molar-refractivity contribution in [2.45, 2.75) is 26.2 Å². The highest BCUT2D eigenvalue weighted by atomic mass is 16.6. The SMILES string of the molecule is COC(=O)CC(C[N+](=O)[O-])c1ccccc1C=C(C)C. The lowest BCUT2D eigenvalue weighted by molar-refractivity contribution is -0.483. The molecule has 0 bridgehead atoms. The summed E-state index contributed by atoms with van der Waals surface area (Å²) in [5, 5.41) is 10.8. The summed E-state index contributed by atoms with van der Waals surface area (Å²) in [6.07, 6.45) is 1.96. The molecule has 0 aliphatic heterocycles. The van der Waals surface area contributed by atoms with Gasteiger partial charge in [0.15, 0.2) is 0 Å². The average Bonchev–Trinajstić information content (AvgIpc) is 2.37. The van der Waals surface area contributed by atoms with Crippen molar-refractivity contribution in [3.63, 3.8) is 0 Å². The van der Waals surface area contributed by atoms with Crippen molar-refractivity contribution in [2.24, 2.45) is 0 Å². The molecule has 108 valence electrons. The first-order chi connectivity index (χ1) is 9.43. The third-order valence-electron chi connectivity index (χ3n) is 2.89. The molecule has 0 radical (unpaired) electrons. The molecule has 1 unspecified atom stereocenters. The van der Waals surface area contributed by atoms with Crippen LogP contribution in [0.5, 0.6) is 0 Å². The van der Waals surface area contributed by atoms with Crippen molar-refractivity contribution < 1.29 is 14.5 Å². The number of rotatable bonds is 6. The third kappa shape index (κ3) is 4.84. The maximum absolute atomic E-state index is 11.5. The number of carbonyl (C=O) groups is 1. The Kier molecular flexibility index (Phi) is 5.90. The van der Waals surface area contributed by atoms with Gasteiger partial charge in [-0.2, -0.15) is 0 Å². The fourth-order valence-electron chi connectivity index (χ4n) is 2.06. The van der Waals surface area contributed by atoms with Gasteiger partial charge < -0.3 is 4.74 Å². The Morgan fingerprint density at radius 3 is 2.60 bits per heavy atom. The molecule has 0 N–H and O–H groups in total. The van der Waals surface area contributed by atoms with E-state index in [0.29, 0.717) is 0 Å². The minimum Gasteiger partial charge on any atom is -0.469 e. The van der Waals surface area contributed by atoms with Gasteiger partial charge in [0, 0.05) is 4.92 Å². The Morgan fingerprint density at radius 1 is 1.40 bits per heavy atom. The van der Waals surface area contributed by atoms with E-state index in [1.54, 1.807) is 0 Å². The van der Waals surface area contributed by atoms with Gasteiger partial charge in [0.25, 0.3) is 0 Å². The monoisotopic (exact) mass is 277 g/mol. The van der Waals surface area contributed by atoms with Gasteiger partial charge in [-0.3, -0.25) is 14.9 Å². The van der Waals surface area contributed by atoms with Gasteiger partial charge in [-0.1, -0.05) is 35.9 Å². The molecule has 1 aromatic carbocycles. The fraction of sp³-hybridized carbons (Fsp3) is 0.400. The molecule has 0 saturated heterocycles. The highest BCUT2D eigenvalue weighted by molar-refractivity contribution is 5.71. The summed E-state index contributed by atoms with van der Waals surface area (Å²) in [7, 11) is 1.29. The molecule has 0 spiro atoms. The van der Waals surface area contributed by atoms with Gasteiger partial charge in [-0.15, -0.1) is 0 Å². The zero-order chi connectivity index (χ0) is 15.1. The third-order valence-corrected chi connectivity index (χ3v) is 2.89. The van der Waals surface area contributed by atoms with Crippen LogP contribution in [0.2, 0.25) is 0 Å². The molecule has 1 rings (SSSR count). The number of hydrogen-bond donors (Lipinski definition) is 0. The predicted molar refractivity (Wildman–Crippen MR) is 77.0 cm³/mol. The second-order valence-electron chi connectivity index (χ2n) is 4.84. The molecule has 1 atom stereocenters. The zero-order valence-electron chi connectivity index (χ0n) is 12.0. The van der Waals surface area contributed by atoms with Crippen LogP contribution in [0.4, 0.5) is 0 Å². The minimum atomic E-state index is -0.482. The Labute approximate surface area is 118 Å². The van der Waals surface area contributed by atoms with Gasteiger partial charge in [0.05, 0.1) is 19.4 Å². The van der Waals surface area contributed by atoms with E-state index in [1.807, 2.05) is 44.2 Å². The number of allylic oxidation sites excluding steroid dienone is 1. The Morgan fingerprint density at radius 2 is 2.05 bits per heavy atom. The van der Waals surface area contributed by atoms with Crippen LogP contribution < -0.4 is 0 Å². The lowest BCUT2D eigenvalue weighted by atomic mass is 9.91. The van der Waals surface area contributed by atoms with E-state index in [1.165, 1.54) is 7.11 Å². The highest BCUT2D eigenvalue weighted by Gasteiger charge is 2.23. The van der Waals surface area contributed by atoms with Gasteiger partial charge >= 0.3 is 5.97 Å². The topological polar surface area (TPSA) is 69.4 Å². The van der Waals surface area contributed by atoms with Crippen molar-refractivity contribution in [3.05, 3.63) is 51.1 Å². The van der Waals surface area contributed by atoms with E-state index in [2.05, 4.69) is 4.74 Å². The van der Waals surface area contributed by atoms with Gasteiger partial charge in [0.2, 0.25) is 6.54 Å². The fourth-order valence-corrected chi connectivity index (χ4v) is 2.06. The number of hydrogen-bond acceptors (Lipinski definition) is 4. The molecule has 1 aromatic rings. The summed E-state index contributed by atoms with van der Waals surface area (Å²) in [5.74, 6) is -0.923. The number of carbonyl (C=O) groups excluding carboxylic acids is 1. The summed E-state index contributed by atoms with van der Waals surface area (Å²) in [4.78, 5) is 21.9. The summed E-state index contributed by atoms with van der Waals surface area (Å²) in [6.45, 7) is 3.63. The van der Waals surface area contributed by atoms with Crippen LogP contribution in [0.15, 0.2) is 29.8 Å². The number of nitrogens with zero attached hydrogens (tertiary/aromatic N) is 1. The highest BCUT2D eigenvalue weighted by Crippen LogP contribution is 2.26. The molecule has 0 aliphatic carbocycles. The van der Waals surface area contributed by atoms with E-state index < -0.39 is 16.8 Å². The largest absolute Gasteiger partial charge is 0.469 e. The molecule has 0 amide bonds. The van der Waals surface area contributed by atoms with E-state index in [9.17, 15) is 14.9 Å². The van der Waals surface area contributed by atoms with Gasteiger partial charge in [0.1, 0.15) is 0 Å². The molecule has 5 heteroatoms. The second kappa shape index (κ2) is 7.43. The Bertz CT molecular complexity index is 518. The maximum atomic E-state index is 11.5. The molecule has 0 fully saturated rings. The second-order valence-corrected chi connectivity index (χ2v) is 4.84. The number of benzene rings is 1. The molecular weight excluding hydrogens is 258 g/mol. The molecule has 0 heterocycles. The van der Waals surface area contributed by atoms with Crippen molar-refractivity contribution in [3.8, 4) is 0 Å². The van der Waals surface area contributed by atoms with E-state index in [4.69, 9.17) is 0 Å². The normalized spacial score (nSPS) is 11.6. The van der Waals surface area contributed by atoms with Crippen LogP contribution in [0.25, 0.3) is 6.08 Å². The summed E-state index contributed by atoms with van der Waals surface area (Å²) >= 11 is 0. The quantitative estimate of drug-likeness (QED) is 0.455. The standard InChI is InChI=1S/C15H19NO4/c1-11(2)8-12-6-4-5-7-14(12)13(10-16(18)19)9-15(17)20-3/h4-8,13H,9-10H2,1-3H3. The van der Waals surface area contributed by atoms with Crippen LogP contribution in [0.1, 0.15) is 37.3 Å². The van der Waals surface area contributed by atoms with Crippen LogP contribution in [0, 0.1) is 10.1 Å². The lowest BCUT2D eigenvalue weighted by Crippen LogP contribution is -2.18. The number of esters is 1. The van der Waals surface area contributed by atoms with Gasteiger partial charge in [-0.25, -0.2) is 0 Å². The van der Waals surface area contributed by atoms with E-state index in [-0.39, 0.29) is 13.0 Å². The van der Waals surface area contributed by atoms with Crippen molar-refractivity contribution >= 4 is 12.0 Å². The lowest BCUT2D eigenvalue weighted by Gasteiger charge is -2.15. The number of methoxy groups -OCH3 is 1. The minimum absolute atomic E-state index is 0.00505. The van der Waals surface area contributed by atoms with Crippen LogP contribution in [0.3, 0.4) is 0 Å². The van der Waals surface area contributed by atoms with Crippen molar-refractivity contribution in [1.82, 2.24) is 0 Å². The molecule has 0 saturated carbocycles. The van der Waals surface area contributed by atoms with Gasteiger partial charge in [-0.05, 0) is 25.0 Å². The molecular formula is C15H19NO4. The zero-order valence-corrected chi connectivity index (χ0v) is 12.0. The first kappa shape index (κ1) is 15.9. The van der Waals surface area contributed by atoms with Crippen LogP contribution in [-0.4, -0.2) is 24.5 Å². The van der Waals surface area contributed by atoms with E-state index >= 15 is 0 Å². The van der Waals surface area contributed by atoms with Crippen LogP contribution >= 0.6 is 0 Å². The van der Waals surface area contributed by atoms with Crippen LogP contribution in [-0.2, 0) is 9.53 Å². The van der Waals surface area contributed by atoms with E-state index in [0.717, 1.165) is 16.7 Å². The van der Waals surface area contributed by atoms with Crippen molar-refractivity contribution in [1.29, 1.82) is 0 Å². The molecule has 5 nitrogen and oxygen atoms in total. The maximum Gasteiger partial charge on any atom is 0.306 e. The Hall–Kier alpha value is -2.17. The molecule has 0 aliphatic rings. The average molecular weight is 277 g/mol. The predicted octanol–water partition coefficient (Wildman–Crippen LogP) is 3.03. The molecule has 20 heavy (non-hydrogen) atoms. The summed E-state index contributed by atoms with van der Waals surface area (Å²) < 4.78 is 4.63. The van der Waals surface area contributed by atoms with Crippen molar-refractivity contribution in [2.75, 3.05) is 13.7 Å². The first-order valence-corrected chi connectivity index (χ1v) is 6.36. The summed E-state index contributed by atoms with van der Waals surface area (Å²) in [6, 6.07) is 7.42. The first-order valence-electron chi connectivity index (χ1n) is 6.36. The number of ether oxygens (including phenoxy) is 1. The summed E-state index contributed by atoms with van der Waals surface area (Å²) in [5.41, 5.74) is 2.80. The Balaban J connectivity index is 3.15. The number of nitro groups is 1. The molecule has 0 aromatic heterocycles. The smallest absolute Gasteiger partial charge is 0.306 e.